The normalized spacial score (nSPS) is 17.8. The van der Waals surface area contributed by atoms with Crippen molar-refractivity contribution in [2.45, 2.75) is 6.04 Å². The molecule has 0 saturated carbocycles. The molecule has 5 nitrogen and oxygen atoms in total. The van der Waals surface area contributed by atoms with Gasteiger partial charge in [-0.15, -0.1) is 0 Å². The molecule has 0 spiro atoms. The van der Waals surface area contributed by atoms with Crippen molar-refractivity contribution in [2.75, 3.05) is 22.9 Å². The fraction of sp³-hybridized carbons (Fsp3) is 0.167. The largest absolute Gasteiger partial charge is 0.382 e. The molecule has 1 aliphatic heterocycles. The number of hydrogen-bond donors (Lipinski definition) is 3. The van der Waals surface area contributed by atoms with Crippen molar-refractivity contribution < 1.29 is 0 Å². The first-order chi connectivity index (χ1) is 8.34. The van der Waals surface area contributed by atoms with Crippen LogP contribution in [0.3, 0.4) is 0 Å². The summed E-state index contributed by atoms with van der Waals surface area (Å²) in [5.74, 6) is 1.24. The first kappa shape index (κ1) is 9.89. The van der Waals surface area contributed by atoms with Crippen molar-refractivity contribution >= 4 is 17.3 Å². The van der Waals surface area contributed by atoms with Gasteiger partial charge in [0.05, 0.1) is 6.04 Å². The van der Waals surface area contributed by atoms with Crippen LogP contribution in [0.25, 0.3) is 0 Å². The molecule has 1 aromatic carbocycles. The van der Waals surface area contributed by atoms with Crippen LogP contribution in [0.4, 0.5) is 17.3 Å². The Labute approximate surface area is 99.1 Å². The van der Waals surface area contributed by atoms with Crippen LogP contribution in [0, 0.1) is 0 Å². The summed E-state index contributed by atoms with van der Waals surface area (Å²) in [6.45, 7) is 0.772. The average molecular weight is 227 g/mol. The maximum atomic E-state index is 5.77. The van der Waals surface area contributed by atoms with E-state index in [2.05, 4.69) is 32.7 Å². The maximum absolute atomic E-state index is 5.77. The molecule has 0 bridgehead atoms. The second kappa shape index (κ2) is 3.93. The number of nitrogens with zero attached hydrogens (tertiary/aromatic N) is 2. The van der Waals surface area contributed by atoms with E-state index >= 15 is 0 Å². The predicted octanol–water partition coefficient (Wildman–Crippen LogP) is 1.64. The average Bonchev–Trinajstić information content (AvgIpc) is 2.40. The SMILES string of the molecule is Nc1ncnc2c1NCC(c1ccccc1)N2. The Kier molecular flexibility index (Phi) is 2.29. The molecule has 3 rings (SSSR count). The van der Waals surface area contributed by atoms with E-state index in [-0.39, 0.29) is 6.04 Å². The van der Waals surface area contributed by atoms with Crippen LogP contribution in [0.15, 0.2) is 36.7 Å². The molecule has 2 heterocycles. The smallest absolute Gasteiger partial charge is 0.155 e. The second-order valence-electron chi connectivity index (χ2n) is 3.97. The Morgan fingerprint density at radius 3 is 2.82 bits per heavy atom. The quantitative estimate of drug-likeness (QED) is 0.690. The Bertz CT molecular complexity index is 526. The fourth-order valence-corrected chi connectivity index (χ4v) is 1.99. The zero-order valence-corrected chi connectivity index (χ0v) is 9.22. The highest BCUT2D eigenvalue weighted by atomic mass is 15.2. The highest BCUT2D eigenvalue weighted by Gasteiger charge is 2.21. The van der Waals surface area contributed by atoms with Gasteiger partial charge in [0.15, 0.2) is 11.6 Å². The van der Waals surface area contributed by atoms with E-state index in [9.17, 15) is 0 Å². The summed E-state index contributed by atoms with van der Waals surface area (Å²) in [7, 11) is 0. The van der Waals surface area contributed by atoms with E-state index in [4.69, 9.17) is 5.73 Å². The number of hydrogen-bond acceptors (Lipinski definition) is 5. The third kappa shape index (κ3) is 1.75. The molecule has 0 amide bonds. The molecule has 0 saturated heterocycles. The number of anilines is 3. The van der Waals surface area contributed by atoms with Crippen LogP contribution in [-0.2, 0) is 0 Å². The molecule has 1 atom stereocenters. The van der Waals surface area contributed by atoms with Crippen molar-refractivity contribution in [3.8, 4) is 0 Å². The summed E-state index contributed by atoms with van der Waals surface area (Å²) in [5.41, 5.74) is 7.79. The number of rotatable bonds is 1. The van der Waals surface area contributed by atoms with Crippen LogP contribution in [0.5, 0.6) is 0 Å². The molecule has 1 aromatic heterocycles. The minimum Gasteiger partial charge on any atom is -0.382 e. The molecule has 0 aliphatic carbocycles. The van der Waals surface area contributed by atoms with E-state index in [0.29, 0.717) is 5.82 Å². The van der Waals surface area contributed by atoms with Crippen LogP contribution >= 0.6 is 0 Å². The predicted molar refractivity (Wildman–Crippen MR) is 67.7 cm³/mol. The summed E-state index contributed by atoms with van der Waals surface area (Å²) >= 11 is 0. The molecule has 4 N–H and O–H groups in total. The third-order valence-electron chi connectivity index (χ3n) is 2.87. The topological polar surface area (TPSA) is 75.9 Å². The number of aromatic nitrogens is 2. The van der Waals surface area contributed by atoms with E-state index < -0.39 is 0 Å². The molecular weight excluding hydrogens is 214 g/mol. The molecule has 17 heavy (non-hydrogen) atoms. The Hall–Kier alpha value is -2.30. The van der Waals surface area contributed by atoms with E-state index in [1.54, 1.807) is 0 Å². The van der Waals surface area contributed by atoms with Gasteiger partial charge in [-0.25, -0.2) is 9.97 Å². The van der Waals surface area contributed by atoms with Crippen molar-refractivity contribution in [1.82, 2.24) is 9.97 Å². The van der Waals surface area contributed by atoms with Crippen molar-refractivity contribution in [3.05, 3.63) is 42.2 Å². The lowest BCUT2D eigenvalue weighted by molar-refractivity contribution is 0.792. The number of fused-ring (bicyclic) bond motifs is 1. The molecule has 1 aliphatic rings. The number of nitrogens with two attached hydrogens (primary N) is 1. The lowest BCUT2D eigenvalue weighted by atomic mass is 10.1. The van der Waals surface area contributed by atoms with Crippen molar-refractivity contribution in [3.63, 3.8) is 0 Å². The Morgan fingerprint density at radius 2 is 2.00 bits per heavy atom. The van der Waals surface area contributed by atoms with Gasteiger partial charge in [0, 0.05) is 6.54 Å². The summed E-state index contributed by atoms with van der Waals surface area (Å²) in [6.07, 6.45) is 1.47. The minimum atomic E-state index is 0.206. The van der Waals surface area contributed by atoms with Gasteiger partial charge in [-0.1, -0.05) is 30.3 Å². The highest BCUT2D eigenvalue weighted by molar-refractivity contribution is 5.77. The fourth-order valence-electron chi connectivity index (χ4n) is 1.99. The standard InChI is InChI=1S/C12H13N5/c13-11-10-12(16-7-15-11)17-9(6-14-10)8-4-2-1-3-5-8/h1-5,7,9,14H,6H2,(H3,13,15,16,17). The summed E-state index contributed by atoms with van der Waals surface area (Å²) in [4.78, 5) is 8.15. The van der Waals surface area contributed by atoms with Gasteiger partial charge in [0.1, 0.15) is 12.0 Å². The Morgan fingerprint density at radius 1 is 1.18 bits per heavy atom. The number of benzene rings is 1. The molecule has 1 unspecified atom stereocenters. The molecule has 86 valence electrons. The molecular formula is C12H13N5. The Balaban J connectivity index is 1.91. The lowest BCUT2D eigenvalue weighted by Gasteiger charge is -2.27. The van der Waals surface area contributed by atoms with Crippen molar-refractivity contribution in [1.29, 1.82) is 0 Å². The van der Waals surface area contributed by atoms with Crippen LogP contribution in [0.1, 0.15) is 11.6 Å². The van der Waals surface area contributed by atoms with Gasteiger partial charge in [-0.05, 0) is 5.56 Å². The second-order valence-corrected chi connectivity index (χ2v) is 3.97. The number of nitrogens with one attached hydrogen (secondary N) is 2. The zero-order chi connectivity index (χ0) is 11.7. The summed E-state index contributed by atoms with van der Waals surface area (Å²) < 4.78 is 0. The summed E-state index contributed by atoms with van der Waals surface area (Å²) in [5, 5.41) is 6.63. The molecule has 2 aromatic rings. The van der Waals surface area contributed by atoms with E-state index in [1.807, 2.05) is 18.2 Å². The van der Waals surface area contributed by atoms with E-state index in [0.717, 1.165) is 18.1 Å². The monoisotopic (exact) mass is 227 g/mol. The first-order valence-corrected chi connectivity index (χ1v) is 5.50. The van der Waals surface area contributed by atoms with Gasteiger partial charge in [-0.2, -0.15) is 0 Å². The van der Waals surface area contributed by atoms with E-state index in [1.165, 1.54) is 11.9 Å². The van der Waals surface area contributed by atoms with Gasteiger partial charge in [0.25, 0.3) is 0 Å². The molecule has 0 radical (unpaired) electrons. The molecule has 0 fully saturated rings. The van der Waals surface area contributed by atoms with Gasteiger partial charge in [0.2, 0.25) is 0 Å². The number of nitrogen functional groups attached to an aromatic ring is 1. The van der Waals surface area contributed by atoms with Crippen LogP contribution in [0.2, 0.25) is 0 Å². The van der Waals surface area contributed by atoms with Gasteiger partial charge in [-0.3, -0.25) is 0 Å². The van der Waals surface area contributed by atoms with Gasteiger partial charge < -0.3 is 16.4 Å². The van der Waals surface area contributed by atoms with Crippen LogP contribution < -0.4 is 16.4 Å². The third-order valence-corrected chi connectivity index (χ3v) is 2.87. The maximum Gasteiger partial charge on any atom is 0.155 e. The zero-order valence-electron chi connectivity index (χ0n) is 9.22. The minimum absolute atomic E-state index is 0.206. The first-order valence-electron chi connectivity index (χ1n) is 5.50. The van der Waals surface area contributed by atoms with Gasteiger partial charge >= 0.3 is 0 Å². The summed E-state index contributed by atoms with van der Waals surface area (Å²) in [6, 6.07) is 10.5. The highest BCUT2D eigenvalue weighted by Crippen LogP contribution is 2.32. The van der Waals surface area contributed by atoms with Crippen molar-refractivity contribution in [2.24, 2.45) is 0 Å². The lowest BCUT2D eigenvalue weighted by Crippen LogP contribution is -2.27. The van der Waals surface area contributed by atoms with Crippen LogP contribution in [-0.4, -0.2) is 16.5 Å². The molecule has 5 heteroatoms.